The topological polar surface area (TPSA) is 40.7 Å². The zero-order valence-corrected chi connectivity index (χ0v) is 10.7. The van der Waals surface area contributed by atoms with Crippen LogP contribution in [0.1, 0.15) is 30.0 Å². The second-order valence-electron chi connectivity index (χ2n) is 5.07. The standard InChI is InChI=1S/C15H19N3/c1-11-5-2-3-7-13(11)15-9-14(17-18-15)12-6-4-8-16-10-12/h2-3,5,7,9,12,16H,4,6,8,10H2,1H3,(H,17,18). The number of benzene rings is 1. The second-order valence-corrected chi connectivity index (χ2v) is 5.07. The summed E-state index contributed by atoms with van der Waals surface area (Å²) < 4.78 is 0. The Morgan fingerprint density at radius 3 is 2.94 bits per heavy atom. The van der Waals surface area contributed by atoms with E-state index in [1.807, 2.05) is 0 Å². The quantitative estimate of drug-likeness (QED) is 0.848. The molecule has 1 aliphatic heterocycles. The zero-order chi connectivity index (χ0) is 12.4. The fraction of sp³-hybridized carbons (Fsp3) is 0.400. The Morgan fingerprint density at radius 2 is 2.17 bits per heavy atom. The molecule has 94 valence electrons. The number of hydrogen-bond acceptors (Lipinski definition) is 2. The SMILES string of the molecule is Cc1ccccc1-c1cc(C2CCCNC2)[nH]n1. The molecule has 0 saturated carbocycles. The molecular formula is C15H19N3. The van der Waals surface area contributed by atoms with Gasteiger partial charge in [0.1, 0.15) is 0 Å². The highest BCUT2D eigenvalue weighted by atomic mass is 15.1. The van der Waals surface area contributed by atoms with Gasteiger partial charge in [0.25, 0.3) is 0 Å². The molecule has 1 saturated heterocycles. The van der Waals surface area contributed by atoms with Crippen molar-refractivity contribution in [3.8, 4) is 11.3 Å². The van der Waals surface area contributed by atoms with Crippen LogP contribution in [0.4, 0.5) is 0 Å². The summed E-state index contributed by atoms with van der Waals surface area (Å²) in [5.41, 5.74) is 4.83. The van der Waals surface area contributed by atoms with Gasteiger partial charge in [0.15, 0.2) is 0 Å². The van der Waals surface area contributed by atoms with E-state index in [2.05, 4.69) is 52.8 Å². The largest absolute Gasteiger partial charge is 0.316 e. The van der Waals surface area contributed by atoms with E-state index in [1.165, 1.54) is 29.7 Å². The number of rotatable bonds is 2. The molecule has 3 heteroatoms. The second kappa shape index (κ2) is 4.94. The lowest BCUT2D eigenvalue weighted by Crippen LogP contribution is -2.28. The van der Waals surface area contributed by atoms with E-state index in [0.717, 1.165) is 18.8 Å². The maximum atomic E-state index is 4.47. The molecule has 2 heterocycles. The van der Waals surface area contributed by atoms with E-state index >= 15 is 0 Å². The van der Waals surface area contributed by atoms with Gasteiger partial charge >= 0.3 is 0 Å². The third-order valence-electron chi connectivity index (χ3n) is 3.76. The minimum Gasteiger partial charge on any atom is -0.316 e. The van der Waals surface area contributed by atoms with Crippen LogP contribution in [0.25, 0.3) is 11.3 Å². The van der Waals surface area contributed by atoms with Crippen molar-refractivity contribution in [1.82, 2.24) is 15.5 Å². The van der Waals surface area contributed by atoms with Crippen molar-refractivity contribution in [2.45, 2.75) is 25.7 Å². The normalized spacial score (nSPS) is 19.9. The Labute approximate surface area is 108 Å². The number of H-pyrrole nitrogens is 1. The Balaban J connectivity index is 1.87. The molecule has 2 aromatic rings. The summed E-state index contributed by atoms with van der Waals surface area (Å²) in [6.07, 6.45) is 2.51. The number of hydrogen-bond donors (Lipinski definition) is 2. The van der Waals surface area contributed by atoms with Gasteiger partial charge in [-0.25, -0.2) is 0 Å². The first-order valence-corrected chi connectivity index (χ1v) is 6.66. The number of aromatic nitrogens is 2. The van der Waals surface area contributed by atoms with Crippen molar-refractivity contribution in [1.29, 1.82) is 0 Å². The average molecular weight is 241 g/mol. The summed E-state index contributed by atoms with van der Waals surface area (Å²) in [7, 11) is 0. The summed E-state index contributed by atoms with van der Waals surface area (Å²) in [6, 6.07) is 10.6. The molecule has 1 aliphatic rings. The van der Waals surface area contributed by atoms with Gasteiger partial charge in [-0.15, -0.1) is 0 Å². The maximum absolute atomic E-state index is 4.47. The van der Waals surface area contributed by atoms with E-state index in [1.54, 1.807) is 0 Å². The number of nitrogens with zero attached hydrogens (tertiary/aromatic N) is 1. The van der Waals surface area contributed by atoms with Gasteiger partial charge in [0.2, 0.25) is 0 Å². The van der Waals surface area contributed by atoms with Gasteiger partial charge in [-0.1, -0.05) is 24.3 Å². The highest BCUT2D eigenvalue weighted by molar-refractivity contribution is 5.63. The molecule has 0 bridgehead atoms. The molecule has 3 rings (SSSR count). The fourth-order valence-corrected chi connectivity index (χ4v) is 2.66. The third kappa shape index (κ3) is 2.18. The molecule has 3 nitrogen and oxygen atoms in total. The fourth-order valence-electron chi connectivity index (χ4n) is 2.66. The summed E-state index contributed by atoms with van der Waals surface area (Å²) >= 11 is 0. The summed E-state index contributed by atoms with van der Waals surface area (Å²) in [6.45, 7) is 4.34. The monoisotopic (exact) mass is 241 g/mol. The Morgan fingerprint density at radius 1 is 1.28 bits per heavy atom. The Kier molecular flexibility index (Phi) is 3.15. The van der Waals surface area contributed by atoms with Crippen LogP contribution in [0, 0.1) is 6.92 Å². The maximum Gasteiger partial charge on any atom is 0.0926 e. The van der Waals surface area contributed by atoms with Crippen LogP contribution < -0.4 is 5.32 Å². The minimum atomic E-state index is 0.587. The predicted octanol–water partition coefficient (Wildman–Crippen LogP) is 2.85. The van der Waals surface area contributed by atoms with Crippen LogP contribution in [0.3, 0.4) is 0 Å². The van der Waals surface area contributed by atoms with Crippen molar-refractivity contribution >= 4 is 0 Å². The van der Waals surface area contributed by atoms with Crippen LogP contribution in [-0.2, 0) is 0 Å². The van der Waals surface area contributed by atoms with E-state index in [0.29, 0.717) is 5.92 Å². The van der Waals surface area contributed by atoms with E-state index in [-0.39, 0.29) is 0 Å². The smallest absolute Gasteiger partial charge is 0.0926 e. The molecule has 18 heavy (non-hydrogen) atoms. The van der Waals surface area contributed by atoms with Crippen LogP contribution in [0.5, 0.6) is 0 Å². The van der Waals surface area contributed by atoms with Crippen molar-refractivity contribution in [3.05, 3.63) is 41.6 Å². The van der Waals surface area contributed by atoms with Gasteiger partial charge in [0, 0.05) is 23.7 Å². The first kappa shape index (κ1) is 11.5. The molecule has 2 N–H and O–H groups in total. The van der Waals surface area contributed by atoms with Crippen molar-refractivity contribution in [2.24, 2.45) is 0 Å². The van der Waals surface area contributed by atoms with Gasteiger partial charge in [-0.05, 0) is 37.9 Å². The lowest BCUT2D eigenvalue weighted by Gasteiger charge is -2.21. The number of aromatic amines is 1. The van der Waals surface area contributed by atoms with Crippen LogP contribution >= 0.6 is 0 Å². The highest BCUT2D eigenvalue weighted by Crippen LogP contribution is 2.27. The molecule has 0 amide bonds. The average Bonchev–Trinajstić information content (AvgIpc) is 2.90. The first-order chi connectivity index (χ1) is 8.84. The molecule has 1 aromatic carbocycles. The summed E-state index contributed by atoms with van der Waals surface area (Å²) in [5.74, 6) is 0.587. The lowest BCUT2D eigenvalue weighted by molar-refractivity contribution is 0.454. The van der Waals surface area contributed by atoms with Crippen LogP contribution in [-0.4, -0.2) is 23.3 Å². The van der Waals surface area contributed by atoms with Crippen molar-refractivity contribution in [2.75, 3.05) is 13.1 Å². The van der Waals surface area contributed by atoms with Gasteiger partial charge in [-0.3, -0.25) is 5.10 Å². The minimum absolute atomic E-state index is 0.587. The number of aryl methyl sites for hydroxylation is 1. The van der Waals surface area contributed by atoms with E-state index in [9.17, 15) is 0 Å². The molecular weight excluding hydrogens is 222 g/mol. The Hall–Kier alpha value is -1.61. The third-order valence-corrected chi connectivity index (χ3v) is 3.76. The highest BCUT2D eigenvalue weighted by Gasteiger charge is 2.17. The van der Waals surface area contributed by atoms with Gasteiger partial charge < -0.3 is 5.32 Å². The Bertz CT molecular complexity index is 524. The zero-order valence-electron chi connectivity index (χ0n) is 10.7. The van der Waals surface area contributed by atoms with Crippen LogP contribution in [0.2, 0.25) is 0 Å². The lowest BCUT2D eigenvalue weighted by atomic mass is 9.95. The molecule has 1 aromatic heterocycles. The van der Waals surface area contributed by atoms with Gasteiger partial charge in [0.05, 0.1) is 5.69 Å². The molecule has 0 aliphatic carbocycles. The van der Waals surface area contributed by atoms with Crippen molar-refractivity contribution < 1.29 is 0 Å². The molecule has 0 spiro atoms. The molecule has 0 radical (unpaired) electrons. The first-order valence-electron chi connectivity index (χ1n) is 6.66. The van der Waals surface area contributed by atoms with E-state index in [4.69, 9.17) is 0 Å². The number of piperidine rings is 1. The summed E-state index contributed by atoms with van der Waals surface area (Å²) in [5, 5.41) is 11.1. The molecule has 1 unspecified atom stereocenters. The predicted molar refractivity (Wildman–Crippen MR) is 73.6 cm³/mol. The number of nitrogens with one attached hydrogen (secondary N) is 2. The molecule has 1 fully saturated rings. The van der Waals surface area contributed by atoms with Crippen LogP contribution in [0.15, 0.2) is 30.3 Å². The van der Waals surface area contributed by atoms with E-state index < -0.39 is 0 Å². The summed E-state index contributed by atoms with van der Waals surface area (Å²) in [4.78, 5) is 0. The van der Waals surface area contributed by atoms with Gasteiger partial charge in [-0.2, -0.15) is 5.10 Å². The molecule has 1 atom stereocenters. The van der Waals surface area contributed by atoms with Crippen molar-refractivity contribution in [3.63, 3.8) is 0 Å².